The third-order valence-corrected chi connectivity index (χ3v) is 0.653. The molecule has 8 heavy (non-hydrogen) atoms. The summed E-state index contributed by atoms with van der Waals surface area (Å²) in [6, 6.07) is 0.301. The molecule has 2 nitrogen and oxygen atoms in total. The van der Waals surface area contributed by atoms with Crippen LogP contribution in [0.5, 0.6) is 0 Å². The maximum absolute atomic E-state index is 5.45. The number of rotatable bonds is 2. The molecule has 0 saturated carbocycles. The number of hydrogen-bond acceptors (Lipinski definition) is 2. The van der Waals surface area contributed by atoms with E-state index in [0.29, 0.717) is 6.04 Å². The molecule has 2 N–H and O–H groups in total. The molecule has 0 aliphatic heterocycles. The summed E-state index contributed by atoms with van der Waals surface area (Å²) >= 11 is 0. The lowest BCUT2D eigenvalue weighted by Crippen LogP contribution is -2.29. The van der Waals surface area contributed by atoms with Gasteiger partial charge in [-0.25, -0.2) is 0 Å². The van der Waals surface area contributed by atoms with E-state index in [1.165, 1.54) is 0 Å². The monoisotopic (exact) mass is 138 g/mol. The van der Waals surface area contributed by atoms with E-state index >= 15 is 0 Å². The quantitative estimate of drug-likeness (QED) is 0.596. The molecule has 1 unspecified atom stereocenters. The highest BCUT2D eigenvalue weighted by molar-refractivity contribution is 5.85. The first-order valence-electron chi connectivity index (χ1n) is 2.53. The minimum absolute atomic E-state index is 0. The van der Waals surface area contributed by atoms with Crippen molar-refractivity contribution in [3.05, 3.63) is 0 Å². The first-order valence-corrected chi connectivity index (χ1v) is 2.53. The van der Waals surface area contributed by atoms with E-state index < -0.39 is 0 Å². The maximum atomic E-state index is 5.45. The lowest BCUT2D eigenvalue weighted by Gasteiger charge is -2.11. The number of nitrogens with two attached hydrogens (primary N) is 1. The molecule has 0 rings (SSSR count). The normalized spacial score (nSPS) is 13.1. The van der Waals surface area contributed by atoms with Crippen molar-refractivity contribution < 1.29 is 0 Å². The molecular formula is C5H15ClN2. The van der Waals surface area contributed by atoms with Crippen molar-refractivity contribution in [2.75, 3.05) is 20.6 Å². The Morgan fingerprint density at radius 3 is 1.88 bits per heavy atom. The molecule has 0 saturated heterocycles. The molecule has 0 radical (unpaired) electrons. The van der Waals surface area contributed by atoms with Crippen molar-refractivity contribution in [2.24, 2.45) is 5.73 Å². The Balaban J connectivity index is 0. The summed E-state index contributed by atoms with van der Waals surface area (Å²) in [4.78, 5) is 2.07. The molecule has 1 atom stereocenters. The van der Waals surface area contributed by atoms with Gasteiger partial charge in [0.2, 0.25) is 0 Å². The Kier molecular flexibility index (Phi) is 7.40. The van der Waals surface area contributed by atoms with E-state index in [1.54, 1.807) is 0 Å². The fourth-order valence-electron chi connectivity index (χ4n) is 0.576. The Labute approximate surface area is 57.5 Å². The first kappa shape index (κ1) is 11.1. The van der Waals surface area contributed by atoms with Gasteiger partial charge in [-0.3, -0.25) is 0 Å². The van der Waals surface area contributed by atoms with Crippen molar-refractivity contribution in [3.8, 4) is 0 Å². The van der Waals surface area contributed by atoms with Crippen LogP contribution >= 0.6 is 12.4 Å². The summed E-state index contributed by atoms with van der Waals surface area (Å²) in [5, 5.41) is 0. The van der Waals surface area contributed by atoms with Crippen molar-refractivity contribution in [1.82, 2.24) is 4.90 Å². The lowest BCUT2D eigenvalue weighted by molar-refractivity contribution is 0.383. The van der Waals surface area contributed by atoms with E-state index in [4.69, 9.17) is 5.73 Å². The van der Waals surface area contributed by atoms with Gasteiger partial charge in [0.15, 0.2) is 0 Å². The predicted molar refractivity (Wildman–Crippen MR) is 39.5 cm³/mol. The van der Waals surface area contributed by atoms with Gasteiger partial charge >= 0.3 is 0 Å². The molecule has 0 aliphatic rings. The summed E-state index contributed by atoms with van der Waals surface area (Å²) in [6.45, 7) is 2.97. The van der Waals surface area contributed by atoms with Crippen LogP contribution < -0.4 is 5.73 Å². The summed E-state index contributed by atoms with van der Waals surface area (Å²) < 4.78 is 0. The average molecular weight is 139 g/mol. The summed E-state index contributed by atoms with van der Waals surface area (Å²) in [5.41, 5.74) is 5.45. The molecule has 0 fully saturated rings. The highest BCUT2D eigenvalue weighted by Crippen LogP contribution is 1.76. The van der Waals surface area contributed by atoms with Crippen LogP contribution in [-0.4, -0.2) is 31.6 Å². The van der Waals surface area contributed by atoms with E-state index in [1.807, 2.05) is 21.0 Å². The van der Waals surface area contributed by atoms with Crippen molar-refractivity contribution in [2.45, 2.75) is 13.0 Å². The highest BCUT2D eigenvalue weighted by Gasteiger charge is 1.92. The van der Waals surface area contributed by atoms with Crippen LogP contribution in [0.15, 0.2) is 0 Å². The predicted octanol–water partition coefficient (Wildman–Crippen LogP) is 0.317. The van der Waals surface area contributed by atoms with Gasteiger partial charge in [0.25, 0.3) is 0 Å². The molecule has 0 aromatic carbocycles. The van der Waals surface area contributed by atoms with Gasteiger partial charge in [0, 0.05) is 12.6 Å². The Hall–Kier alpha value is 0.210. The molecule has 0 heterocycles. The fraction of sp³-hybridized carbons (Fsp3) is 1.00. The molecular weight excluding hydrogens is 124 g/mol. The first-order chi connectivity index (χ1) is 3.13. The van der Waals surface area contributed by atoms with E-state index in [0.717, 1.165) is 6.54 Å². The fourth-order valence-corrected chi connectivity index (χ4v) is 0.576. The summed E-state index contributed by atoms with van der Waals surface area (Å²) in [5.74, 6) is 0. The molecule has 0 aromatic heterocycles. The Morgan fingerprint density at radius 1 is 1.50 bits per heavy atom. The van der Waals surface area contributed by atoms with Gasteiger partial charge in [-0.05, 0) is 21.0 Å². The summed E-state index contributed by atoms with van der Waals surface area (Å²) in [7, 11) is 4.03. The molecule has 52 valence electrons. The zero-order valence-corrected chi connectivity index (χ0v) is 6.53. The lowest BCUT2D eigenvalue weighted by atomic mass is 10.3. The second-order valence-corrected chi connectivity index (χ2v) is 2.24. The molecule has 0 bridgehead atoms. The van der Waals surface area contributed by atoms with Crippen LogP contribution in [0.4, 0.5) is 0 Å². The van der Waals surface area contributed by atoms with Gasteiger partial charge in [0.05, 0.1) is 0 Å². The average Bonchev–Trinajstić information content (AvgIpc) is 1.27. The third-order valence-electron chi connectivity index (χ3n) is 0.653. The Morgan fingerprint density at radius 2 is 1.88 bits per heavy atom. The molecule has 0 spiro atoms. The van der Waals surface area contributed by atoms with Crippen molar-refractivity contribution >= 4 is 12.4 Å². The third kappa shape index (κ3) is 9.51. The van der Waals surface area contributed by atoms with Gasteiger partial charge in [-0.2, -0.15) is 0 Å². The van der Waals surface area contributed by atoms with Gasteiger partial charge in [0.1, 0.15) is 0 Å². The zero-order valence-electron chi connectivity index (χ0n) is 5.72. The molecule has 0 aliphatic carbocycles. The van der Waals surface area contributed by atoms with Crippen LogP contribution in [-0.2, 0) is 0 Å². The van der Waals surface area contributed by atoms with E-state index in [2.05, 4.69) is 4.90 Å². The maximum Gasteiger partial charge on any atom is 0.0138 e. The van der Waals surface area contributed by atoms with Crippen LogP contribution in [0.25, 0.3) is 0 Å². The smallest absolute Gasteiger partial charge is 0.0138 e. The highest BCUT2D eigenvalue weighted by atomic mass is 35.5. The van der Waals surface area contributed by atoms with Crippen LogP contribution in [0, 0.1) is 0 Å². The topological polar surface area (TPSA) is 29.3 Å². The van der Waals surface area contributed by atoms with E-state index in [9.17, 15) is 0 Å². The van der Waals surface area contributed by atoms with E-state index in [-0.39, 0.29) is 12.4 Å². The number of halogens is 1. The second kappa shape index (κ2) is 5.35. The number of hydrogen-bond donors (Lipinski definition) is 1. The largest absolute Gasteiger partial charge is 0.327 e. The van der Waals surface area contributed by atoms with Crippen LogP contribution in [0.2, 0.25) is 0 Å². The summed E-state index contributed by atoms with van der Waals surface area (Å²) in [6.07, 6.45) is 0. The Bertz CT molecular complexity index is 39.7. The zero-order chi connectivity index (χ0) is 5.86. The van der Waals surface area contributed by atoms with Crippen molar-refractivity contribution in [1.29, 1.82) is 0 Å². The van der Waals surface area contributed by atoms with Gasteiger partial charge in [-0.1, -0.05) is 0 Å². The second-order valence-electron chi connectivity index (χ2n) is 2.24. The molecule has 0 amide bonds. The number of likely N-dealkylation sites (N-methyl/N-ethyl adjacent to an activating group) is 1. The number of nitrogens with zero attached hydrogens (tertiary/aromatic N) is 1. The SMILES string of the molecule is CC(N)CN(C)C.Cl. The van der Waals surface area contributed by atoms with Crippen LogP contribution in [0.3, 0.4) is 0 Å². The van der Waals surface area contributed by atoms with Gasteiger partial charge in [-0.15, -0.1) is 12.4 Å². The molecule has 0 aromatic rings. The minimum Gasteiger partial charge on any atom is -0.327 e. The van der Waals surface area contributed by atoms with Crippen LogP contribution in [0.1, 0.15) is 6.92 Å². The van der Waals surface area contributed by atoms with Crippen molar-refractivity contribution in [3.63, 3.8) is 0 Å². The molecule has 3 heteroatoms. The standard InChI is InChI=1S/C5H14N2.ClH/c1-5(6)4-7(2)3;/h5H,4,6H2,1-3H3;1H. The minimum atomic E-state index is 0. The van der Waals surface area contributed by atoms with Gasteiger partial charge < -0.3 is 10.6 Å².